The molecule has 0 unspecified atom stereocenters. The van der Waals surface area contributed by atoms with Gasteiger partial charge in [0.1, 0.15) is 5.75 Å². The first kappa shape index (κ1) is 15.8. The average Bonchev–Trinajstić information content (AvgIpc) is 2.96. The number of H-pyrrole nitrogens is 1. The Kier molecular flexibility index (Phi) is 3.92. The number of rotatable bonds is 2. The maximum atomic E-state index is 5.43. The summed E-state index contributed by atoms with van der Waals surface area (Å²) in [5, 5.41) is 5.15. The number of aromatic amines is 1. The third-order valence-electron chi connectivity index (χ3n) is 6.25. The van der Waals surface area contributed by atoms with Gasteiger partial charge in [-0.05, 0) is 75.3 Å². The van der Waals surface area contributed by atoms with E-state index in [2.05, 4.69) is 43.2 Å². The first-order valence-corrected chi connectivity index (χ1v) is 9.15. The second kappa shape index (κ2) is 5.96. The maximum Gasteiger partial charge on any atom is 0.119 e. The van der Waals surface area contributed by atoms with Crippen LogP contribution in [-0.2, 0) is 6.42 Å². The number of ether oxygens (including phenoxy) is 1. The minimum Gasteiger partial charge on any atom is -0.497 e. The Labute approximate surface area is 144 Å². The smallest absolute Gasteiger partial charge is 0.119 e. The van der Waals surface area contributed by atoms with Crippen molar-refractivity contribution >= 4 is 10.9 Å². The predicted molar refractivity (Wildman–Crippen MR) is 99.6 cm³/mol. The van der Waals surface area contributed by atoms with Gasteiger partial charge in [-0.15, -0.1) is 0 Å². The summed E-state index contributed by atoms with van der Waals surface area (Å²) in [6, 6.07) is 6.83. The van der Waals surface area contributed by atoms with E-state index in [1.165, 1.54) is 35.0 Å². The van der Waals surface area contributed by atoms with Gasteiger partial charge in [0.15, 0.2) is 0 Å². The molecule has 4 rings (SSSR count). The first-order valence-electron chi connectivity index (χ1n) is 9.15. The fraction of sp³-hybridized carbons (Fsp3) is 0.524. The summed E-state index contributed by atoms with van der Waals surface area (Å²) in [5.41, 5.74) is 7.32. The fourth-order valence-corrected chi connectivity index (χ4v) is 4.71. The Balaban J connectivity index is 1.76. The number of allylic oxidation sites excluding steroid dienone is 2. The summed E-state index contributed by atoms with van der Waals surface area (Å²) in [6.45, 7) is 8.10. The Morgan fingerprint density at radius 3 is 2.71 bits per heavy atom. The second-order valence-electron chi connectivity index (χ2n) is 7.72. The summed E-state index contributed by atoms with van der Waals surface area (Å²) >= 11 is 0. The predicted octanol–water partition coefficient (Wildman–Crippen LogP) is 4.75. The van der Waals surface area contributed by atoms with Crippen LogP contribution >= 0.6 is 0 Å². The molecule has 0 amide bonds. The number of benzene rings is 1. The number of methoxy groups -OCH3 is 1. The molecule has 0 spiro atoms. The van der Waals surface area contributed by atoms with E-state index in [4.69, 9.17) is 4.74 Å². The molecule has 1 aromatic carbocycles. The zero-order valence-electron chi connectivity index (χ0n) is 15.2. The van der Waals surface area contributed by atoms with Gasteiger partial charge in [0.25, 0.3) is 0 Å². The third kappa shape index (κ3) is 2.46. The summed E-state index contributed by atoms with van der Waals surface area (Å²) < 4.78 is 5.43. The molecule has 3 heteroatoms. The summed E-state index contributed by atoms with van der Waals surface area (Å²) in [7, 11) is 1.74. The largest absolute Gasteiger partial charge is 0.497 e. The Morgan fingerprint density at radius 2 is 1.92 bits per heavy atom. The summed E-state index contributed by atoms with van der Waals surface area (Å²) in [6.07, 6.45) is 3.54. The van der Waals surface area contributed by atoms with E-state index in [0.717, 1.165) is 24.6 Å². The number of hydrogen-bond acceptors (Lipinski definition) is 2. The molecule has 0 fully saturated rings. The van der Waals surface area contributed by atoms with Crippen molar-refractivity contribution in [3.8, 4) is 5.75 Å². The topological polar surface area (TPSA) is 37.0 Å². The first-order chi connectivity index (χ1) is 11.6. The van der Waals surface area contributed by atoms with Gasteiger partial charge in [0, 0.05) is 16.6 Å². The highest BCUT2D eigenvalue weighted by Gasteiger charge is 2.35. The maximum absolute atomic E-state index is 5.43. The van der Waals surface area contributed by atoms with Gasteiger partial charge < -0.3 is 15.0 Å². The van der Waals surface area contributed by atoms with Crippen LogP contribution < -0.4 is 10.1 Å². The highest BCUT2D eigenvalue weighted by Crippen LogP contribution is 2.44. The summed E-state index contributed by atoms with van der Waals surface area (Å²) in [4.78, 5) is 3.73. The van der Waals surface area contributed by atoms with Gasteiger partial charge in [-0.25, -0.2) is 0 Å². The zero-order chi connectivity index (χ0) is 16.8. The lowest BCUT2D eigenvalue weighted by Crippen LogP contribution is -2.38. The van der Waals surface area contributed by atoms with Crippen LogP contribution in [0, 0.1) is 11.8 Å². The Hall–Kier alpha value is -1.74. The van der Waals surface area contributed by atoms with Crippen LogP contribution in [0.3, 0.4) is 0 Å². The van der Waals surface area contributed by atoms with Gasteiger partial charge in [0.05, 0.1) is 13.2 Å². The van der Waals surface area contributed by atoms with Crippen molar-refractivity contribution in [1.82, 2.24) is 10.3 Å². The lowest BCUT2D eigenvalue weighted by molar-refractivity contribution is 0.237. The van der Waals surface area contributed by atoms with Crippen LogP contribution in [0.5, 0.6) is 5.75 Å². The summed E-state index contributed by atoms with van der Waals surface area (Å²) in [5.74, 6) is 2.33. The lowest BCUT2D eigenvalue weighted by Gasteiger charge is -2.39. The number of aromatic nitrogens is 1. The molecule has 2 heterocycles. The van der Waals surface area contributed by atoms with Crippen molar-refractivity contribution in [3.05, 3.63) is 40.6 Å². The molecule has 0 radical (unpaired) electrons. The van der Waals surface area contributed by atoms with E-state index in [1.54, 1.807) is 18.3 Å². The van der Waals surface area contributed by atoms with Crippen molar-refractivity contribution in [2.75, 3.05) is 13.7 Å². The van der Waals surface area contributed by atoms with Crippen LogP contribution in [0.4, 0.5) is 0 Å². The van der Waals surface area contributed by atoms with E-state index < -0.39 is 0 Å². The minimum atomic E-state index is 0.435. The van der Waals surface area contributed by atoms with Crippen molar-refractivity contribution in [2.45, 2.75) is 46.1 Å². The monoisotopic (exact) mass is 324 g/mol. The van der Waals surface area contributed by atoms with E-state index in [-0.39, 0.29) is 0 Å². The highest BCUT2D eigenvalue weighted by molar-refractivity contribution is 5.86. The van der Waals surface area contributed by atoms with E-state index in [1.807, 2.05) is 6.07 Å². The average molecular weight is 324 g/mol. The van der Waals surface area contributed by atoms with Crippen LogP contribution in [0.2, 0.25) is 0 Å². The normalized spacial score (nSPS) is 27.4. The number of hydrogen-bond donors (Lipinski definition) is 2. The molecule has 24 heavy (non-hydrogen) atoms. The van der Waals surface area contributed by atoms with E-state index >= 15 is 0 Å². The number of nitrogens with one attached hydrogen (secondary N) is 2. The molecular weight excluding hydrogens is 296 g/mol. The van der Waals surface area contributed by atoms with E-state index in [0.29, 0.717) is 12.0 Å². The van der Waals surface area contributed by atoms with Crippen molar-refractivity contribution in [2.24, 2.45) is 11.8 Å². The molecule has 1 aliphatic carbocycles. The molecule has 3 atom stereocenters. The van der Waals surface area contributed by atoms with Gasteiger partial charge in [-0.3, -0.25) is 0 Å². The molecule has 128 valence electrons. The lowest BCUT2D eigenvalue weighted by atomic mass is 9.72. The van der Waals surface area contributed by atoms with Crippen LogP contribution in [-0.4, -0.2) is 18.6 Å². The molecule has 3 nitrogen and oxygen atoms in total. The molecule has 2 N–H and O–H groups in total. The highest BCUT2D eigenvalue weighted by atomic mass is 16.5. The molecule has 2 aliphatic rings. The Bertz CT molecular complexity index is 802. The van der Waals surface area contributed by atoms with Gasteiger partial charge >= 0.3 is 0 Å². The second-order valence-corrected chi connectivity index (χ2v) is 7.72. The SMILES string of the molecule is COc1ccc2[nH]c3c(c2c1)CCN[C@@H]3[C@H]1CC(C)=C(C)C[C@H]1C. The van der Waals surface area contributed by atoms with Gasteiger partial charge in [-0.1, -0.05) is 18.1 Å². The molecule has 0 saturated heterocycles. The molecule has 1 aromatic heterocycles. The molecular formula is C21H28N2O. The number of fused-ring (bicyclic) bond motifs is 3. The van der Waals surface area contributed by atoms with Crippen LogP contribution in [0.1, 0.15) is 50.9 Å². The van der Waals surface area contributed by atoms with Crippen molar-refractivity contribution in [3.63, 3.8) is 0 Å². The third-order valence-corrected chi connectivity index (χ3v) is 6.25. The van der Waals surface area contributed by atoms with Gasteiger partial charge in [-0.2, -0.15) is 0 Å². The molecule has 1 aliphatic heterocycles. The quantitative estimate of drug-likeness (QED) is 0.783. The fourth-order valence-electron chi connectivity index (χ4n) is 4.71. The molecule has 0 bridgehead atoms. The molecule has 0 saturated carbocycles. The van der Waals surface area contributed by atoms with Crippen molar-refractivity contribution in [1.29, 1.82) is 0 Å². The van der Waals surface area contributed by atoms with E-state index in [9.17, 15) is 0 Å². The van der Waals surface area contributed by atoms with Crippen LogP contribution in [0.25, 0.3) is 10.9 Å². The van der Waals surface area contributed by atoms with Crippen molar-refractivity contribution < 1.29 is 4.74 Å². The van der Waals surface area contributed by atoms with Crippen LogP contribution in [0.15, 0.2) is 29.3 Å². The Morgan fingerprint density at radius 1 is 1.12 bits per heavy atom. The molecule has 2 aromatic rings. The standard InChI is InChI=1S/C21H28N2O/c1-12-9-14(3)17(10-13(12)2)20-21-16(7-8-22-20)18-11-15(24-4)5-6-19(18)23-21/h5-6,11,14,17,20,22-23H,7-10H2,1-4H3/t14-,17+,20-/m1/s1. The van der Waals surface area contributed by atoms with Gasteiger partial charge in [0.2, 0.25) is 0 Å². The minimum absolute atomic E-state index is 0.435. The zero-order valence-corrected chi connectivity index (χ0v) is 15.2.